The smallest absolute Gasteiger partial charge is 0.325 e. The number of aliphatic hydroxyl groups excluding tert-OH is 1. The number of carbonyl (C=O) groups is 2. The molecule has 0 aromatic heterocycles. The third kappa shape index (κ3) is 8.21. The predicted octanol–water partition coefficient (Wildman–Crippen LogP) is 1.57. The number of ether oxygens (including phenoxy) is 1. The molecule has 0 saturated carbocycles. The van der Waals surface area contributed by atoms with E-state index in [1.165, 1.54) is 4.90 Å². The van der Waals surface area contributed by atoms with Crippen LogP contribution in [0.4, 0.5) is 4.79 Å². The lowest BCUT2D eigenvalue weighted by atomic mass is 10.1. The van der Waals surface area contributed by atoms with Crippen LogP contribution in [0.3, 0.4) is 0 Å². The molecule has 0 unspecified atom stereocenters. The van der Waals surface area contributed by atoms with Gasteiger partial charge in [-0.3, -0.25) is 4.79 Å². The maximum atomic E-state index is 12.1. The zero-order valence-corrected chi connectivity index (χ0v) is 14.0. The Bertz CT molecular complexity index is 497. The largest absolute Gasteiger partial charge is 0.459 e. The van der Waals surface area contributed by atoms with Gasteiger partial charge in [0.1, 0.15) is 12.1 Å². The Morgan fingerprint density at radius 3 is 2.39 bits per heavy atom. The fraction of sp³-hybridized carbons (Fsp3) is 0.529. The Morgan fingerprint density at radius 1 is 1.17 bits per heavy atom. The summed E-state index contributed by atoms with van der Waals surface area (Å²) in [5, 5.41) is 11.6. The number of hydrogen-bond donors (Lipinski definition) is 2. The number of amides is 2. The van der Waals surface area contributed by atoms with Crippen LogP contribution in [0.5, 0.6) is 0 Å². The molecule has 23 heavy (non-hydrogen) atoms. The van der Waals surface area contributed by atoms with Gasteiger partial charge in [0.25, 0.3) is 0 Å². The van der Waals surface area contributed by atoms with Crippen molar-refractivity contribution >= 4 is 12.0 Å². The van der Waals surface area contributed by atoms with Crippen LogP contribution in [0.1, 0.15) is 26.3 Å². The molecule has 0 fully saturated rings. The highest BCUT2D eigenvalue weighted by molar-refractivity contribution is 5.81. The van der Waals surface area contributed by atoms with Crippen molar-refractivity contribution in [3.05, 3.63) is 35.9 Å². The molecule has 6 heteroatoms. The predicted molar refractivity (Wildman–Crippen MR) is 88.0 cm³/mol. The van der Waals surface area contributed by atoms with Crippen molar-refractivity contribution in [3.8, 4) is 0 Å². The molecule has 0 aliphatic heterocycles. The Balaban J connectivity index is 2.46. The van der Waals surface area contributed by atoms with Gasteiger partial charge in [0.15, 0.2) is 0 Å². The molecular weight excluding hydrogens is 296 g/mol. The number of urea groups is 1. The number of benzene rings is 1. The van der Waals surface area contributed by atoms with Gasteiger partial charge < -0.3 is 20.1 Å². The van der Waals surface area contributed by atoms with E-state index in [2.05, 4.69) is 5.32 Å². The Kier molecular flexibility index (Phi) is 7.54. The summed E-state index contributed by atoms with van der Waals surface area (Å²) in [6.45, 7) is 5.66. The third-order valence-corrected chi connectivity index (χ3v) is 2.97. The van der Waals surface area contributed by atoms with Gasteiger partial charge in [-0.15, -0.1) is 0 Å². The number of nitrogens with zero attached hydrogens (tertiary/aromatic N) is 1. The van der Waals surface area contributed by atoms with Crippen molar-refractivity contribution in [3.63, 3.8) is 0 Å². The molecule has 128 valence electrons. The molecule has 0 atom stereocenters. The molecule has 1 rings (SSSR count). The second-order valence-electron chi connectivity index (χ2n) is 6.19. The first-order valence-electron chi connectivity index (χ1n) is 7.71. The molecule has 0 spiro atoms. The number of esters is 1. The molecule has 0 aliphatic rings. The van der Waals surface area contributed by atoms with Crippen LogP contribution in [-0.2, 0) is 16.0 Å². The zero-order valence-electron chi connectivity index (χ0n) is 14.0. The van der Waals surface area contributed by atoms with E-state index in [0.717, 1.165) is 5.56 Å². The Morgan fingerprint density at radius 2 is 1.83 bits per heavy atom. The van der Waals surface area contributed by atoms with E-state index in [1.807, 2.05) is 30.3 Å². The van der Waals surface area contributed by atoms with Gasteiger partial charge in [-0.25, -0.2) is 4.79 Å². The van der Waals surface area contributed by atoms with Gasteiger partial charge in [-0.05, 0) is 32.8 Å². The van der Waals surface area contributed by atoms with Crippen molar-refractivity contribution in [1.29, 1.82) is 0 Å². The summed E-state index contributed by atoms with van der Waals surface area (Å²) in [4.78, 5) is 25.2. The maximum absolute atomic E-state index is 12.1. The first-order chi connectivity index (χ1) is 10.8. The van der Waals surface area contributed by atoms with E-state index in [-0.39, 0.29) is 25.7 Å². The quantitative estimate of drug-likeness (QED) is 0.747. The highest BCUT2D eigenvalue weighted by Crippen LogP contribution is 2.06. The van der Waals surface area contributed by atoms with Crippen LogP contribution < -0.4 is 5.32 Å². The lowest BCUT2D eigenvalue weighted by Gasteiger charge is -2.23. The molecule has 0 aliphatic carbocycles. The van der Waals surface area contributed by atoms with Gasteiger partial charge >= 0.3 is 12.0 Å². The summed E-state index contributed by atoms with van der Waals surface area (Å²) in [5.41, 5.74) is 0.523. The summed E-state index contributed by atoms with van der Waals surface area (Å²) in [6, 6.07) is 9.39. The van der Waals surface area contributed by atoms with Crippen LogP contribution >= 0.6 is 0 Å². The number of nitrogens with one attached hydrogen (secondary N) is 1. The second-order valence-corrected chi connectivity index (χ2v) is 6.19. The summed E-state index contributed by atoms with van der Waals surface area (Å²) in [7, 11) is 0. The normalized spacial score (nSPS) is 11.0. The fourth-order valence-electron chi connectivity index (χ4n) is 1.98. The minimum absolute atomic E-state index is 0.130. The molecule has 0 heterocycles. The zero-order chi connectivity index (χ0) is 17.3. The van der Waals surface area contributed by atoms with Crippen molar-refractivity contribution in [2.75, 3.05) is 26.2 Å². The molecule has 0 saturated heterocycles. The van der Waals surface area contributed by atoms with Crippen LogP contribution in [-0.4, -0.2) is 53.8 Å². The third-order valence-electron chi connectivity index (χ3n) is 2.97. The maximum Gasteiger partial charge on any atom is 0.325 e. The molecule has 0 radical (unpaired) electrons. The van der Waals surface area contributed by atoms with Crippen LogP contribution in [0.2, 0.25) is 0 Å². The monoisotopic (exact) mass is 322 g/mol. The summed E-state index contributed by atoms with van der Waals surface area (Å²) >= 11 is 0. The van der Waals surface area contributed by atoms with E-state index in [0.29, 0.717) is 13.0 Å². The minimum atomic E-state index is -0.583. The van der Waals surface area contributed by atoms with E-state index in [9.17, 15) is 9.59 Å². The Labute approximate surface area is 137 Å². The van der Waals surface area contributed by atoms with Crippen LogP contribution in [0.15, 0.2) is 30.3 Å². The van der Waals surface area contributed by atoms with Gasteiger partial charge in [-0.1, -0.05) is 30.3 Å². The highest BCUT2D eigenvalue weighted by atomic mass is 16.6. The van der Waals surface area contributed by atoms with Crippen molar-refractivity contribution in [1.82, 2.24) is 10.2 Å². The van der Waals surface area contributed by atoms with Gasteiger partial charge in [0.05, 0.1) is 6.61 Å². The molecule has 6 nitrogen and oxygen atoms in total. The lowest BCUT2D eigenvalue weighted by molar-refractivity contribution is -0.153. The van der Waals surface area contributed by atoms with E-state index in [1.54, 1.807) is 20.8 Å². The standard InChI is InChI=1S/C17H26N2O4/c1-17(2,3)23-15(21)13-18-16(22)19(11-12-20)10-9-14-7-5-4-6-8-14/h4-8,20H,9-13H2,1-3H3,(H,18,22). The summed E-state index contributed by atoms with van der Waals surface area (Å²) in [5.74, 6) is -0.488. The molecular formula is C17H26N2O4. The molecule has 1 aromatic rings. The SMILES string of the molecule is CC(C)(C)OC(=O)CNC(=O)N(CCO)CCc1ccccc1. The molecule has 2 N–H and O–H groups in total. The topological polar surface area (TPSA) is 78.9 Å². The van der Waals surface area contributed by atoms with Crippen LogP contribution in [0, 0.1) is 0 Å². The van der Waals surface area contributed by atoms with E-state index >= 15 is 0 Å². The van der Waals surface area contributed by atoms with Crippen molar-refractivity contribution in [2.24, 2.45) is 0 Å². The van der Waals surface area contributed by atoms with Crippen molar-refractivity contribution < 1.29 is 19.4 Å². The van der Waals surface area contributed by atoms with Gasteiger partial charge in [0, 0.05) is 13.1 Å². The first kappa shape index (κ1) is 19.0. The lowest BCUT2D eigenvalue weighted by Crippen LogP contribution is -2.45. The average Bonchev–Trinajstić information content (AvgIpc) is 2.48. The number of rotatable bonds is 7. The van der Waals surface area contributed by atoms with E-state index < -0.39 is 11.6 Å². The van der Waals surface area contributed by atoms with Crippen LogP contribution in [0.25, 0.3) is 0 Å². The van der Waals surface area contributed by atoms with Gasteiger partial charge in [-0.2, -0.15) is 0 Å². The molecule has 1 aromatic carbocycles. The number of hydrogen-bond acceptors (Lipinski definition) is 4. The summed E-state index contributed by atoms with van der Waals surface area (Å²) < 4.78 is 5.14. The molecule has 0 bridgehead atoms. The first-order valence-corrected chi connectivity index (χ1v) is 7.71. The fourth-order valence-corrected chi connectivity index (χ4v) is 1.98. The second kappa shape index (κ2) is 9.15. The average molecular weight is 322 g/mol. The molecule has 2 amide bonds. The van der Waals surface area contributed by atoms with Crippen molar-refractivity contribution in [2.45, 2.75) is 32.8 Å². The van der Waals surface area contributed by atoms with E-state index in [4.69, 9.17) is 9.84 Å². The minimum Gasteiger partial charge on any atom is -0.459 e. The number of carbonyl (C=O) groups excluding carboxylic acids is 2. The number of aliphatic hydroxyl groups is 1. The highest BCUT2D eigenvalue weighted by Gasteiger charge is 2.18. The van der Waals surface area contributed by atoms with Gasteiger partial charge in [0.2, 0.25) is 0 Å². The Hall–Kier alpha value is -2.08. The summed E-state index contributed by atoms with van der Waals surface area (Å²) in [6.07, 6.45) is 0.681.